The van der Waals surface area contributed by atoms with E-state index in [1.54, 1.807) is 0 Å². The van der Waals surface area contributed by atoms with Crippen LogP contribution in [0.4, 0.5) is 5.82 Å². The largest absolute Gasteiger partial charge is 0.493 e. The Morgan fingerprint density at radius 3 is 2.84 bits per heavy atom. The summed E-state index contributed by atoms with van der Waals surface area (Å²) in [7, 11) is 0. The Kier molecular flexibility index (Phi) is 6.58. The minimum Gasteiger partial charge on any atom is -0.493 e. The Morgan fingerprint density at radius 1 is 1.09 bits per heavy atom. The van der Waals surface area contributed by atoms with Gasteiger partial charge in [-0.15, -0.1) is 0 Å². The lowest BCUT2D eigenvalue weighted by atomic mass is 9.92. The third-order valence-electron chi connectivity index (χ3n) is 7.14. The van der Waals surface area contributed by atoms with Crippen LogP contribution in [0.2, 0.25) is 0 Å². The first-order valence-corrected chi connectivity index (χ1v) is 12.2. The highest BCUT2D eigenvalue weighted by Gasteiger charge is 2.25. The van der Waals surface area contributed by atoms with Gasteiger partial charge < -0.3 is 14.5 Å². The number of amides is 1. The lowest BCUT2D eigenvalue weighted by molar-refractivity contribution is -0.131. The molecule has 0 spiro atoms. The number of fused-ring (bicyclic) bond motifs is 1. The molecule has 4 heterocycles. The summed E-state index contributed by atoms with van der Waals surface area (Å²) in [6, 6.07) is 12.7. The van der Waals surface area contributed by atoms with E-state index in [4.69, 9.17) is 4.74 Å². The van der Waals surface area contributed by atoms with Crippen molar-refractivity contribution in [3.05, 3.63) is 53.7 Å². The van der Waals surface area contributed by atoms with Crippen LogP contribution >= 0.6 is 0 Å². The van der Waals surface area contributed by atoms with Crippen LogP contribution in [0.1, 0.15) is 36.8 Å². The number of carbonyl (C=O) groups is 1. The Bertz CT molecular complexity index is 911. The third-order valence-corrected chi connectivity index (χ3v) is 7.14. The second kappa shape index (κ2) is 9.90. The molecule has 0 bridgehead atoms. The van der Waals surface area contributed by atoms with Gasteiger partial charge in [0.2, 0.25) is 5.91 Å². The second-order valence-corrected chi connectivity index (χ2v) is 9.38. The zero-order valence-electron chi connectivity index (χ0n) is 18.9. The zero-order valence-corrected chi connectivity index (χ0v) is 18.9. The van der Waals surface area contributed by atoms with Gasteiger partial charge in [0.25, 0.3) is 0 Å². The molecule has 1 aromatic carbocycles. The lowest BCUT2D eigenvalue weighted by Crippen LogP contribution is -2.49. The van der Waals surface area contributed by atoms with Crippen molar-refractivity contribution in [2.24, 2.45) is 5.92 Å². The lowest BCUT2D eigenvalue weighted by Gasteiger charge is -2.36. The van der Waals surface area contributed by atoms with Crippen molar-refractivity contribution in [2.75, 3.05) is 50.8 Å². The molecule has 1 aromatic heterocycles. The van der Waals surface area contributed by atoms with Crippen molar-refractivity contribution in [3.8, 4) is 5.75 Å². The van der Waals surface area contributed by atoms with E-state index in [1.807, 2.05) is 29.3 Å². The fraction of sp³-hybridized carbons (Fsp3) is 0.538. The van der Waals surface area contributed by atoms with E-state index in [9.17, 15) is 4.79 Å². The number of anilines is 1. The molecule has 170 valence electrons. The standard InChI is InChI=1S/C26H34N4O2/c31-26(30-15-13-29(14-16-30)25-5-1-2-11-27-25)9-7-21-4-3-12-28(19-21)20-22-6-8-24-23(18-22)10-17-32-24/h1-2,5-6,8,11,18,21H,3-4,7,9-10,12-17,19-20H2/t21-/m1/s1. The van der Waals surface area contributed by atoms with Gasteiger partial charge in [-0.05, 0) is 61.1 Å². The SMILES string of the molecule is O=C(CC[C@H]1CCCN(Cc2ccc3c(c2)CCO3)C1)N1CCN(c2ccccn2)CC1. The van der Waals surface area contributed by atoms with Gasteiger partial charge in [0.05, 0.1) is 6.61 Å². The predicted molar refractivity (Wildman–Crippen MR) is 126 cm³/mol. The molecule has 0 unspecified atom stereocenters. The van der Waals surface area contributed by atoms with E-state index in [-0.39, 0.29) is 0 Å². The summed E-state index contributed by atoms with van der Waals surface area (Å²) in [5.41, 5.74) is 2.74. The number of likely N-dealkylation sites (tertiary alicyclic amines) is 1. The van der Waals surface area contributed by atoms with Crippen LogP contribution in [0.25, 0.3) is 0 Å². The van der Waals surface area contributed by atoms with Crippen LogP contribution in [0.5, 0.6) is 5.75 Å². The van der Waals surface area contributed by atoms with E-state index in [0.29, 0.717) is 18.2 Å². The first-order chi connectivity index (χ1) is 15.7. The summed E-state index contributed by atoms with van der Waals surface area (Å²) in [4.78, 5) is 24.2. The summed E-state index contributed by atoms with van der Waals surface area (Å²) in [5.74, 6) is 3.02. The van der Waals surface area contributed by atoms with Crippen molar-refractivity contribution >= 4 is 11.7 Å². The van der Waals surface area contributed by atoms with Gasteiger partial charge in [0.15, 0.2) is 0 Å². The number of rotatable bonds is 6. The highest BCUT2D eigenvalue weighted by Crippen LogP contribution is 2.28. The first-order valence-electron chi connectivity index (χ1n) is 12.2. The van der Waals surface area contributed by atoms with Crippen molar-refractivity contribution in [2.45, 2.75) is 38.6 Å². The van der Waals surface area contributed by atoms with Gasteiger partial charge in [0.1, 0.15) is 11.6 Å². The summed E-state index contributed by atoms with van der Waals surface area (Å²) in [6.45, 7) is 7.42. The Balaban J connectivity index is 1.06. The summed E-state index contributed by atoms with van der Waals surface area (Å²) >= 11 is 0. The maximum Gasteiger partial charge on any atom is 0.222 e. The number of pyridine rings is 1. The van der Waals surface area contributed by atoms with E-state index in [0.717, 1.165) is 76.8 Å². The molecular formula is C26H34N4O2. The summed E-state index contributed by atoms with van der Waals surface area (Å²) < 4.78 is 5.64. The monoisotopic (exact) mass is 434 g/mol. The molecule has 0 N–H and O–H groups in total. The molecule has 1 atom stereocenters. The van der Waals surface area contributed by atoms with E-state index >= 15 is 0 Å². The van der Waals surface area contributed by atoms with Gasteiger partial charge in [-0.2, -0.15) is 0 Å². The number of benzene rings is 1. The molecule has 3 aliphatic heterocycles. The van der Waals surface area contributed by atoms with E-state index in [2.05, 4.69) is 33.0 Å². The van der Waals surface area contributed by atoms with Crippen LogP contribution in [0, 0.1) is 5.92 Å². The molecule has 2 aromatic rings. The second-order valence-electron chi connectivity index (χ2n) is 9.38. The fourth-order valence-corrected chi connectivity index (χ4v) is 5.34. The minimum atomic E-state index is 0.321. The van der Waals surface area contributed by atoms with Crippen molar-refractivity contribution in [1.82, 2.24) is 14.8 Å². The Labute approximate surface area is 191 Å². The summed E-state index contributed by atoms with van der Waals surface area (Å²) in [5, 5.41) is 0. The molecule has 6 nitrogen and oxygen atoms in total. The number of nitrogens with zero attached hydrogens (tertiary/aromatic N) is 4. The van der Waals surface area contributed by atoms with E-state index in [1.165, 1.54) is 24.0 Å². The topological polar surface area (TPSA) is 48.9 Å². The first kappa shape index (κ1) is 21.3. The van der Waals surface area contributed by atoms with Gasteiger partial charge in [-0.3, -0.25) is 9.69 Å². The molecule has 3 aliphatic rings. The highest BCUT2D eigenvalue weighted by molar-refractivity contribution is 5.76. The average molecular weight is 435 g/mol. The minimum absolute atomic E-state index is 0.321. The van der Waals surface area contributed by atoms with Gasteiger partial charge in [-0.1, -0.05) is 18.2 Å². The van der Waals surface area contributed by atoms with Crippen LogP contribution in [0.3, 0.4) is 0 Å². The van der Waals surface area contributed by atoms with E-state index < -0.39 is 0 Å². The molecule has 5 rings (SSSR count). The zero-order chi connectivity index (χ0) is 21.8. The molecule has 0 saturated carbocycles. The quantitative estimate of drug-likeness (QED) is 0.698. The normalized spacial score (nSPS) is 21.3. The van der Waals surface area contributed by atoms with Crippen molar-refractivity contribution in [3.63, 3.8) is 0 Å². The fourth-order valence-electron chi connectivity index (χ4n) is 5.34. The summed E-state index contributed by atoms with van der Waals surface area (Å²) in [6.07, 6.45) is 7.03. The number of ether oxygens (including phenoxy) is 1. The maximum atomic E-state index is 12.8. The number of hydrogen-bond acceptors (Lipinski definition) is 5. The van der Waals surface area contributed by atoms with Gasteiger partial charge >= 0.3 is 0 Å². The molecular weight excluding hydrogens is 400 g/mol. The molecule has 1 amide bonds. The molecule has 0 radical (unpaired) electrons. The van der Waals surface area contributed by atoms with Crippen LogP contribution in [-0.4, -0.2) is 66.6 Å². The predicted octanol–water partition coefficient (Wildman–Crippen LogP) is 3.36. The number of hydrogen-bond donors (Lipinski definition) is 0. The van der Waals surface area contributed by atoms with Crippen LogP contribution in [0.15, 0.2) is 42.6 Å². The average Bonchev–Trinajstić information content (AvgIpc) is 3.31. The van der Waals surface area contributed by atoms with Gasteiger partial charge in [0, 0.05) is 58.3 Å². The van der Waals surface area contributed by atoms with Crippen molar-refractivity contribution in [1.29, 1.82) is 0 Å². The molecule has 6 heteroatoms. The number of aromatic nitrogens is 1. The van der Waals surface area contributed by atoms with Gasteiger partial charge in [-0.25, -0.2) is 4.98 Å². The molecule has 32 heavy (non-hydrogen) atoms. The number of carbonyl (C=O) groups excluding carboxylic acids is 1. The number of piperidine rings is 1. The Morgan fingerprint density at radius 2 is 2.00 bits per heavy atom. The van der Waals surface area contributed by atoms with Crippen LogP contribution < -0.4 is 9.64 Å². The number of piperazine rings is 1. The smallest absolute Gasteiger partial charge is 0.222 e. The van der Waals surface area contributed by atoms with Crippen molar-refractivity contribution < 1.29 is 9.53 Å². The molecule has 2 fully saturated rings. The Hall–Kier alpha value is -2.60. The molecule has 0 aliphatic carbocycles. The highest BCUT2D eigenvalue weighted by atomic mass is 16.5. The van der Waals surface area contributed by atoms with Crippen LogP contribution in [-0.2, 0) is 17.8 Å². The maximum absolute atomic E-state index is 12.8. The third kappa shape index (κ3) is 5.07. The molecule has 2 saturated heterocycles.